The van der Waals surface area contributed by atoms with E-state index >= 15 is 0 Å². The van der Waals surface area contributed by atoms with Gasteiger partial charge in [0.2, 0.25) is 0 Å². The molecule has 0 bridgehead atoms. The number of piperazine rings is 1. The summed E-state index contributed by atoms with van der Waals surface area (Å²) in [5, 5.41) is 20.1. The molecule has 1 aromatic rings. The molecule has 10 heteroatoms. The molecule has 2 heterocycles. The van der Waals surface area contributed by atoms with E-state index in [9.17, 15) is 24.5 Å². The smallest absolute Gasteiger partial charge is 0.335 e. The summed E-state index contributed by atoms with van der Waals surface area (Å²) in [7, 11) is 0. The summed E-state index contributed by atoms with van der Waals surface area (Å²) in [6.45, 7) is 1.79. The first kappa shape index (κ1) is 18.8. The minimum Gasteiger partial charge on any atom is -0.478 e. The lowest BCUT2D eigenvalue weighted by Gasteiger charge is -2.35. The number of carbonyl (C=O) groups is 3. The van der Waals surface area contributed by atoms with Gasteiger partial charge in [0.25, 0.3) is 17.5 Å². The van der Waals surface area contributed by atoms with E-state index < -0.39 is 28.6 Å². The van der Waals surface area contributed by atoms with Crippen molar-refractivity contribution >= 4 is 23.5 Å². The highest BCUT2D eigenvalue weighted by Gasteiger charge is 2.32. The number of carboxylic acid groups (broad SMARTS) is 1. The third-order valence-electron chi connectivity index (χ3n) is 4.71. The average Bonchev–Trinajstić information content (AvgIpc) is 3.21. The Morgan fingerprint density at radius 3 is 2.26 bits per heavy atom. The molecule has 2 amide bonds. The van der Waals surface area contributed by atoms with E-state index in [1.54, 1.807) is 4.90 Å². The number of carboxylic acids is 1. The zero-order chi connectivity index (χ0) is 19.6. The van der Waals surface area contributed by atoms with Gasteiger partial charge in [-0.05, 0) is 18.9 Å². The number of ether oxygens (including phenoxy) is 1. The van der Waals surface area contributed by atoms with Gasteiger partial charge in [-0.25, -0.2) is 4.79 Å². The molecule has 2 aliphatic rings. The Balaban J connectivity index is 1.69. The number of benzene rings is 1. The van der Waals surface area contributed by atoms with Crippen LogP contribution in [0.2, 0.25) is 0 Å². The van der Waals surface area contributed by atoms with Gasteiger partial charge < -0.3 is 19.6 Å². The highest BCUT2D eigenvalue weighted by atomic mass is 16.6. The van der Waals surface area contributed by atoms with Crippen molar-refractivity contribution in [1.29, 1.82) is 0 Å². The van der Waals surface area contributed by atoms with Gasteiger partial charge >= 0.3 is 5.97 Å². The number of hydrogen-bond acceptors (Lipinski definition) is 6. The molecule has 1 aromatic carbocycles. The van der Waals surface area contributed by atoms with E-state index in [2.05, 4.69) is 0 Å². The van der Waals surface area contributed by atoms with Gasteiger partial charge in [0, 0.05) is 50.5 Å². The van der Waals surface area contributed by atoms with E-state index in [4.69, 9.17) is 9.84 Å². The maximum atomic E-state index is 12.7. The highest BCUT2D eigenvalue weighted by molar-refractivity contribution is 5.98. The number of nitro benzene ring substituents is 1. The maximum Gasteiger partial charge on any atom is 0.335 e. The Bertz CT molecular complexity index is 748. The Kier molecular flexibility index (Phi) is 5.36. The zero-order valence-electron chi connectivity index (χ0n) is 14.5. The summed E-state index contributed by atoms with van der Waals surface area (Å²) in [4.78, 5) is 49.6. The molecule has 0 aliphatic carbocycles. The monoisotopic (exact) mass is 377 g/mol. The summed E-state index contributed by atoms with van der Waals surface area (Å²) < 4.78 is 5.39. The fraction of sp³-hybridized carbons (Fsp3) is 0.471. The van der Waals surface area contributed by atoms with Crippen molar-refractivity contribution < 1.29 is 29.2 Å². The number of amides is 2. The van der Waals surface area contributed by atoms with Crippen LogP contribution in [0.5, 0.6) is 0 Å². The van der Waals surface area contributed by atoms with Crippen molar-refractivity contribution in [1.82, 2.24) is 9.80 Å². The van der Waals surface area contributed by atoms with Crippen molar-refractivity contribution in [2.75, 3.05) is 32.8 Å². The summed E-state index contributed by atoms with van der Waals surface area (Å²) in [6, 6.07) is 3.11. The fourth-order valence-electron chi connectivity index (χ4n) is 3.25. The van der Waals surface area contributed by atoms with E-state index in [1.165, 1.54) is 4.90 Å². The number of nitrogens with zero attached hydrogens (tertiary/aromatic N) is 3. The molecule has 1 atom stereocenters. The second-order valence-electron chi connectivity index (χ2n) is 6.45. The van der Waals surface area contributed by atoms with Crippen LogP contribution in [0.25, 0.3) is 0 Å². The van der Waals surface area contributed by atoms with Crippen LogP contribution in [0.4, 0.5) is 5.69 Å². The summed E-state index contributed by atoms with van der Waals surface area (Å²) in [5.41, 5.74) is -0.828. The summed E-state index contributed by atoms with van der Waals surface area (Å²) in [6.07, 6.45) is 1.14. The molecule has 144 valence electrons. The van der Waals surface area contributed by atoms with Crippen LogP contribution in [-0.2, 0) is 9.53 Å². The van der Waals surface area contributed by atoms with E-state index in [0.29, 0.717) is 26.1 Å². The molecule has 0 spiro atoms. The quantitative estimate of drug-likeness (QED) is 0.605. The van der Waals surface area contributed by atoms with E-state index in [-0.39, 0.29) is 30.1 Å². The molecule has 2 fully saturated rings. The zero-order valence-corrected chi connectivity index (χ0v) is 14.5. The fourth-order valence-corrected chi connectivity index (χ4v) is 3.25. The lowest BCUT2D eigenvalue weighted by atomic mass is 10.1. The van der Waals surface area contributed by atoms with Gasteiger partial charge in [0.15, 0.2) is 0 Å². The Labute approximate surface area is 154 Å². The van der Waals surface area contributed by atoms with Gasteiger partial charge in [-0.1, -0.05) is 0 Å². The number of hydrogen-bond donors (Lipinski definition) is 1. The van der Waals surface area contributed by atoms with Crippen LogP contribution >= 0.6 is 0 Å². The van der Waals surface area contributed by atoms with Crippen LogP contribution < -0.4 is 0 Å². The van der Waals surface area contributed by atoms with Crippen LogP contribution in [0.15, 0.2) is 18.2 Å². The van der Waals surface area contributed by atoms with Crippen molar-refractivity contribution in [2.24, 2.45) is 0 Å². The minimum atomic E-state index is -1.35. The van der Waals surface area contributed by atoms with Gasteiger partial charge in [0.1, 0.15) is 6.10 Å². The molecule has 0 radical (unpaired) electrons. The Morgan fingerprint density at radius 1 is 1.07 bits per heavy atom. The van der Waals surface area contributed by atoms with Gasteiger partial charge in [-0.2, -0.15) is 0 Å². The normalized spacial score (nSPS) is 19.8. The van der Waals surface area contributed by atoms with Crippen molar-refractivity contribution in [3.63, 3.8) is 0 Å². The lowest BCUT2D eigenvalue weighted by molar-refractivity contribution is -0.384. The first-order valence-electron chi connectivity index (χ1n) is 8.59. The molecule has 0 aromatic heterocycles. The third-order valence-corrected chi connectivity index (χ3v) is 4.71. The molecule has 2 saturated heterocycles. The van der Waals surface area contributed by atoms with E-state index in [0.717, 1.165) is 24.6 Å². The van der Waals surface area contributed by atoms with E-state index in [1.807, 2.05) is 0 Å². The average molecular weight is 377 g/mol. The molecular weight excluding hydrogens is 358 g/mol. The van der Waals surface area contributed by atoms with Crippen LogP contribution in [0.1, 0.15) is 33.6 Å². The van der Waals surface area contributed by atoms with Crippen LogP contribution in [0, 0.1) is 10.1 Å². The van der Waals surface area contributed by atoms with Crippen LogP contribution in [0.3, 0.4) is 0 Å². The maximum absolute atomic E-state index is 12.7. The molecule has 3 rings (SSSR count). The first-order chi connectivity index (χ1) is 12.9. The lowest BCUT2D eigenvalue weighted by Crippen LogP contribution is -2.52. The predicted molar refractivity (Wildman–Crippen MR) is 91.5 cm³/mol. The molecule has 1 N–H and O–H groups in total. The predicted octanol–water partition coefficient (Wildman–Crippen LogP) is 0.756. The SMILES string of the molecule is O=C(O)c1cc(C(=O)N2CCN(C(=O)C3CCCO3)CC2)cc([N+](=O)[O-])c1. The number of rotatable bonds is 4. The Morgan fingerprint density at radius 2 is 1.70 bits per heavy atom. The van der Waals surface area contributed by atoms with Crippen molar-refractivity contribution in [3.05, 3.63) is 39.4 Å². The summed E-state index contributed by atoms with van der Waals surface area (Å²) >= 11 is 0. The third kappa shape index (κ3) is 4.05. The Hall–Kier alpha value is -3.01. The van der Waals surface area contributed by atoms with Crippen molar-refractivity contribution in [2.45, 2.75) is 18.9 Å². The summed E-state index contributed by atoms with van der Waals surface area (Å²) in [5.74, 6) is -1.92. The number of non-ortho nitro benzene ring substituents is 1. The largest absolute Gasteiger partial charge is 0.478 e. The second-order valence-corrected chi connectivity index (χ2v) is 6.45. The molecule has 10 nitrogen and oxygen atoms in total. The minimum absolute atomic E-state index is 0.0551. The second kappa shape index (κ2) is 7.70. The topological polar surface area (TPSA) is 130 Å². The number of carbonyl (C=O) groups excluding carboxylic acids is 2. The highest BCUT2D eigenvalue weighted by Crippen LogP contribution is 2.20. The number of nitro groups is 1. The molecule has 0 saturated carbocycles. The standard InChI is InChI=1S/C17H19N3O7/c21-15(11-8-12(17(23)24)10-13(9-11)20(25)26)18-3-5-19(6-4-18)16(22)14-2-1-7-27-14/h8-10,14H,1-7H2,(H,23,24). The number of aromatic carboxylic acids is 1. The van der Waals surface area contributed by atoms with Gasteiger partial charge in [-0.15, -0.1) is 0 Å². The van der Waals surface area contributed by atoms with Gasteiger partial charge in [-0.3, -0.25) is 19.7 Å². The first-order valence-corrected chi connectivity index (χ1v) is 8.59. The van der Waals surface area contributed by atoms with Crippen molar-refractivity contribution in [3.8, 4) is 0 Å². The molecular formula is C17H19N3O7. The van der Waals surface area contributed by atoms with Crippen LogP contribution in [-0.4, -0.2) is 76.5 Å². The van der Waals surface area contributed by atoms with Gasteiger partial charge in [0.05, 0.1) is 10.5 Å². The molecule has 1 unspecified atom stereocenters. The molecule has 2 aliphatic heterocycles. The molecule has 27 heavy (non-hydrogen) atoms.